The van der Waals surface area contributed by atoms with Gasteiger partial charge in [-0.2, -0.15) is 0 Å². The lowest BCUT2D eigenvalue weighted by molar-refractivity contribution is 0.0600. The van der Waals surface area contributed by atoms with E-state index in [1.54, 1.807) is 12.1 Å². The first kappa shape index (κ1) is 17.1. The molecule has 0 spiro atoms. The third-order valence-corrected chi connectivity index (χ3v) is 5.02. The number of ether oxygens (including phenoxy) is 1. The number of nitrogens with zero attached hydrogens (tertiary/aromatic N) is 2. The molecule has 27 heavy (non-hydrogen) atoms. The lowest BCUT2D eigenvalue weighted by atomic mass is 10.1. The number of carbonyl (C=O) groups excluding carboxylic acids is 2. The number of aromatic nitrogens is 1. The van der Waals surface area contributed by atoms with Gasteiger partial charge in [-0.25, -0.2) is 4.79 Å². The average Bonchev–Trinajstić information content (AvgIpc) is 3.21. The highest BCUT2D eigenvalue weighted by Gasteiger charge is 2.22. The van der Waals surface area contributed by atoms with E-state index in [0.717, 1.165) is 29.7 Å². The fourth-order valence-electron chi connectivity index (χ4n) is 3.46. The highest BCUT2D eigenvalue weighted by atomic mass is 16.5. The van der Waals surface area contributed by atoms with Gasteiger partial charge in [-0.1, -0.05) is 6.07 Å². The number of benzene rings is 2. The molecular weight excluding hydrogens is 342 g/mol. The number of anilines is 1. The van der Waals surface area contributed by atoms with E-state index < -0.39 is 0 Å². The van der Waals surface area contributed by atoms with Crippen molar-refractivity contribution in [1.29, 1.82) is 0 Å². The molecule has 1 saturated heterocycles. The fourth-order valence-corrected chi connectivity index (χ4v) is 3.46. The molecule has 3 aromatic rings. The molecule has 138 valence electrons. The van der Waals surface area contributed by atoms with Crippen molar-refractivity contribution in [2.24, 2.45) is 0 Å². The Kier molecular flexibility index (Phi) is 4.54. The van der Waals surface area contributed by atoms with Crippen LogP contribution in [0.2, 0.25) is 0 Å². The summed E-state index contributed by atoms with van der Waals surface area (Å²) in [5, 5.41) is 1.10. The number of fused-ring (bicyclic) bond motifs is 1. The molecule has 4 rings (SSSR count). The van der Waals surface area contributed by atoms with Gasteiger partial charge in [-0.3, -0.25) is 4.79 Å². The highest BCUT2D eigenvalue weighted by molar-refractivity contribution is 5.98. The third-order valence-electron chi connectivity index (χ3n) is 5.02. The summed E-state index contributed by atoms with van der Waals surface area (Å²) in [6.07, 6.45) is 1.88. The fraction of sp³-hybridized carbons (Fsp3) is 0.238. The molecule has 0 radical (unpaired) electrons. The van der Waals surface area contributed by atoms with Crippen molar-refractivity contribution in [2.75, 3.05) is 38.2 Å². The first-order valence-electron chi connectivity index (χ1n) is 8.95. The van der Waals surface area contributed by atoms with Crippen LogP contribution in [0.15, 0.2) is 54.7 Å². The number of nitrogens with one attached hydrogen (secondary N) is 1. The van der Waals surface area contributed by atoms with Crippen molar-refractivity contribution >= 4 is 28.5 Å². The molecule has 6 heteroatoms. The number of hydrogen-bond acceptors (Lipinski definition) is 4. The molecule has 1 aliphatic heterocycles. The summed E-state index contributed by atoms with van der Waals surface area (Å²) in [6.45, 7) is 2.85. The van der Waals surface area contributed by atoms with Crippen LogP contribution >= 0.6 is 0 Å². The van der Waals surface area contributed by atoms with Crippen molar-refractivity contribution in [2.45, 2.75) is 0 Å². The predicted octanol–water partition coefficient (Wildman–Crippen LogP) is 2.92. The third kappa shape index (κ3) is 3.38. The molecule has 2 aromatic carbocycles. The van der Waals surface area contributed by atoms with Gasteiger partial charge < -0.3 is 19.5 Å². The molecule has 1 fully saturated rings. The standard InChI is InChI=1S/C21H21N3O3/c1-27-21(26)16-4-6-18(7-5-16)23-10-12-24(13-11-23)20(25)17-3-2-15-8-9-22-19(15)14-17/h2-9,14,22H,10-13H2,1H3. The molecule has 1 aliphatic rings. The van der Waals surface area contributed by atoms with Crippen LogP contribution in [0, 0.1) is 0 Å². The lowest BCUT2D eigenvalue weighted by Crippen LogP contribution is -2.48. The summed E-state index contributed by atoms with van der Waals surface area (Å²) < 4.78 is 4.73. The maximum Gasteiger partial charge on any atom is 0.337 e. The van der Waals surface area contributed by atoms with Gasteiger partial charge in [-0.05, 0) is 47.9 Å². The number of rotatable bonds is 3. The zero-order chi connectivity index (χ0) is 18.8. The summed E-state index contributed by atoms with van der Waals surface area (Å²) in [5.41, 5.74) is 3.27. The minimum absolute atomic E-state index is 0.0622. The maximum atomic E-state index is 12.8. The van der Waals surface area contributed by atoms with Gasteiger partial charge in [0.2, 0.25) is 0 Å². The number of amides is 1. The van der Waals surface area contributed by atoms with Gasteiger partial charge in [0.05, 0.1) is 12.7 Å². The molecule has 0 unspecified atom stereocenters. The van der Waals surface area contributed by atoms with E-state index in [2.05, 4.69) is 9.88 Å². The summed E-state index contributed by atoms with van der Waals surface area (Å²) in [6, 6.07) is 15.1. The SMILES string of the molecule is COC(=O)c1ccc(N2CCN(C(=O)c3ccc4cc[nH]c4c3)CC2)cc1. The van der Waals surface area contributed by atoms with Crippen LogP contribution < -0.4 is 4.90 Å². The Morgan fingerprint density at radius 2 is 1.63 bits per heavy atom. The zero-order valence-corrected chi connectivity index (χ0v) is 15.1. The van der Waals surface area contributed by atoms with E-state index in [9.17, 15) is 9.59 Å². The van der Waals surface area contributed by atoms with E-state index in [0.29, 0.717) is 24.2 Å². The van der Waals surface area contributed by atoms with Crippen LogP contribution in [0.3, 0.4) is 0 Å². The Morgan fingerprint density at radius 1 is 0.926 bits per heavy atom. The topological polar surface area (TPSA) is 65.6 Å². The average molecular weight is 363 g/mol. The Labute approximate surface area is 157 Å². The minimum atomic E-state index is -0.337. The van der Waals surface area contributed by atoms with Gasteiger partial charge in [0.15, 0.2) is 0 Å². The van der Waals surface area contributed by atoms with E-state index in [1.165, 1.54) is 7.11 Å². The molecule has 2 heterocycles. The summed E-state index contributed by atoms with van der Waals surface area (Å²) in [5.74, 6) is -0.275. The van der Waals surface area contributed by atoms with E-state index in [1.807, 2.05) is 47.5 Å². The molecule has 0 saturated carbocycles. The maximum absolute atomic E-state index is 12.8. The normalized spacial score (nSPS) is 14.4. The number of aromatic amines is 1. The van der Waals surface area contributed by atoms with Crippen LogP contribution in [-0.4, -0.2) is 55.0 Å². The van der Waals surface area contributed by atoms with Crippen LogP contribution in [0.25, 0.3) is 10.9 Å². The largest absolute Gasteiger partial charge is 0.465 e. The Hall–Kier alpha value is -3.28. The van der Waals surface area contributed by atoms with Gasteiger partial charge in [0.1, 0.15) is 0 Å². The molecule has 0 atom stereocenters. The molecular formula is C21H21N3O3. The van der Waals surface area contributed by atoms with E-state index in [4.69, 9.17) is 4.74 Å². The summed E-state index contributed by atoms with van der Waals surface area (Å²) in [4.78, 5) is 31.6. The smallest absolute Gasteiger partial charge is 0.337 e. The minimum Gasteiger partial charge on any atom is -0.465 e. The molecule has 1 aromatic heterocycles. The molecule has 6 nitrogen and oxygen atoms in total. The Bertz CT molecular complexity index is 970. The molecule has 0 bridgehead atoms. The second-order valence-corrected chi connectivity index (χ2v) is 6.60. The van der Waals surface area contributed by atoms with Crippen LogP contribution in [0.5, 0.6) is 0 Å². The lowest BCUT2D eigenvalue weighted by Gasteiger charge is -2.36. The van der Waals surface area contributed by atoms with Crippen molar-refractivity contribution in [3.8, 4) is 0 Å². The number of piperazine rings is 1. The van der Waals surface area contributed by atoms with Gasteiger partial charge in [-0.15, -0.1) is 0 Å². The van der Waals surface area contributed by atoms with Crippen LogP contribution in [-0.2, 0) is 4.74 Å². The summed E-state index contributed by atoms with van der Waals surface area (Å²) >= 11 is 0. The van der Waals surface area contributed by atoms with Gasteiger partial charge in [0, 0.05) is 49.1 Å². The van der Waals surface area contributed by atoms with E-state index in [-0.39, 0.29) is 11.9 Å². The predicted molar refractivity (Wildman–Crippen MR) is 104 cm³/mol. The second-order valence-electron chi connectivity index (χ2n) is 6.60. The second kappa shape index (κ2) is 7.15. The summed E-state index contributed by atoms with van der Waals surface area (Å²) in [7, 11) is 1.38. The van der Waals surface area contributed by atoms with Gasteiger partial charge in [0.25, 0.3) is 5.91 Å². The monoisotopic (exact) mass is 363 g/mol. The van der Waals surface area contributed by atoms with Crippen molar-refractivity contribution in [3.05, 3.63) is 65.9 Å². The van der Waals surface area contributed by atoms with Crippen molar-refractivity contribution < 1.29 is 14.3 Å². The first-order valence-corrected chi connectivity index (χ1v) is 8.95. The zero-order valence-electron chi connectivity index (χ0n) is 15.1. The van der Waals surface area contributed by atoms with Crippen LogP contribution in [0.4, 0.5) is 5.69 Å². The molecule has 1 N–H and O–H groups in total. The number of carbonyl (C=O) groups is 2. The first-order chi connectivity index (χ1) is 13.2. The van der Waals surface area contributed by atoms with Crippen LogP contribution in [0.1, 0.15) is 20.7 Å². The highest BCUT2D eigenvalue weighted by Crippen LogP contribution is 2.20. The Morgan fingerprint density at radius 3 is 2.33 bits per heavy atom. The number of methoxy groups -OCH3 is 1. The van der Waals surface area contributed by atoms with E-state index >= 15 is 0 Å². The quantitative estimate of drug-likeness (QED) is 0.727. The van der Waals surface area contributed by atoms with Gasteiger partial charge >= 0.3 is 5.97 Å². The number of esters is 1. The Balaban J connectivity index is 1.40. The molecule has 1 amide bonds. The molecule has 0 aliphatic carbocycles. The number of hydrogen-bond donors (Lipinski definition) is 1. The van der Waals surface area contributed by atoms with Crippen molar-refractivity contribution in [3.63, 3.8) is 0 Å². The number of H-pyrrole nitrogens is 1. The van der Waals surface area contributed by atoms with Crippen molar-refractivity contribution in [1.82, 2.24) is 9.88 Å².